The summed E-state index contributed by atoms with van der Waals surface area (Å²) in [5, 5.41) is 11.5. The molecule has 9 heteroatoms. The highest BCUT2D eigenvalue weighted by Gasteiger charge is 2.21. The molecule has 2 N–H and O–H groups in total. The van der Waals surface area contributed by atoms with E-state index in [1.54, 1.807) is 24.3 Å². The van der Waals surface area contributed by atoms with E-state index >= 15 is 0 Å². The molecule has 2 aromatic heterocycles. The zero-order valence-corrected chi connectivity index (χ0v) is 23.6. The molecule has 3 aromatic carbocycles. The topological polar surface area (TPSA) is 94.5 Å². The molecule has 0 spiro atoms. The van der Waals surface area contributed by atoms with E-state index < -0.39 is 0 Å². The Morgan fingerprint density at radius 1 is 0.825 bits per heavy atom. The number of amides is 2. The van der Waals surface area contributed by atoms with E-state index in [2.05, 4.69) is 15.7 Å². The predicted octanol–water partition coefficient (Wildman–Crippen LogP) is 7.01. The molecule has 0 radical (unpaired) electrons. The Morgan fingerprint density at radius 2 is 1.43 bits per heavy atom. The van der Waals surface area contributed by atoms with Crippen molar-refractivity contribution >= 4 is 44.7 Å². The second-order valence-electron chi connectivity index (χ2n) is 9.15. The first-order valence-electron chi connectivity index (χ1n) is 13.1. The van der Waals surface area contributed by atoms with Crippen molar-refractivity contribution in [3.8, 4) is 17.2 Å². The van der Waals surface area contributed by atoms with Gasteiger partial charge in [0.25, 0.3) is 11.8 Å². The van der Waals surface area contributed by atoms with Gasteiger partial charge in [-0.2, -0.15) is 5.10 Å². The highest BCUT2D eigenvalue weighted by molar-refractivity contribution is 7.20. The minimum atomic E-state index is -0.278. The van der Waals surface area contributed by atoms with Crippen molar-refractivity contribution in [1.82, 2.24) is 9.78 Å². The summed E-state index contributed by atoms with van der Waals surface area (Å²) in [5.74, 6) is 0.299. The van der Waals surface area contributed by atoms with E-state index in [1.165, 1.54) is 11.3 Å². The molecule has 8 nitrogen and oxygen atoms in total. The number of aromatic nitrogens is 2. The molecule has 204 valence electrons. The number of thiophene rings is 1. The monoisotopic (exact) mass is 554 g/mol. The predicted molar refractivity (Wildman–Crippen MR) is 160 cm³/mol. The number of aryl methyl sites for hydroxylation is 2. The van der Waals surface area contributed by atoms with Gasteiger partial charge < -0.3 is 20.1 Å². The molecule has 0 aliphatic heterocycles. The molecule has 2 amide bonds. The van der Waals surface area contributed by atoms with Crippen molar-refractivity contribution in [3.05, 3.63) is 94.5 Å². The summed E-state index contributed by atoms with van der Waals surface area (Å²) in [5.41, 5.74) is 4.26. The number of ether oxygens (including phenoxy) is 2. The number of hydrogen-bond donors (Lipinski definition) is 2. The Balaban J connectivity index is 1.45. The van der Waals surface area contributed by atoms with Gasteiger partial charge in [-0.15, -0.1) is 11.3 Å². The van der Waals surface area contributed by atoms with Gasteiger partial charge in [-0.25, -0.2) is 4.68 Å². The summed E-state index contributed by atoms with van der Waals surface area (Å²) in [6.07, 6.45) is 0. The lowest BCUT2D eigenvalue weighted by Gasteiger charge is -2.17. The van der Waals surface area contributed by atoms with Crippen LogP contribution in [-0.2, 0) is 0 Å². The van der Waals surface area contributed by atoms with Crippen LogP contribution in [0.5, 0.6) is 11.5 Å². The molecular formula is C31H30N4O4S. The number of carbonyl (C=O) groups excluding carboxylic acids is 2. The van der Waals surface area contributed by atoms with E-state index in [1.807, 2.05) is 80.9 Å². The summed E-state index contributed by atoms with van der Waals surface area (Å²) in [6.45, 7) is 8.36. The maximum atomic E-state index is 13.4. The van der Waals surface area contributed by atoms with Gasteiger partial charge in [0.2, 0.25) is 0 Å². The Kier molecular flexibility index (Phi) is 7.84. The third kappa shape index (κ3) is 5.55. The highest BCUT2D eigenvalue weighted by atomic mass is 32.1. The molecule has 0 unspecified atom stereocenters. The molecule has 5 aromatic rings. The summed E-state index contributed by atoms with van der Waals surface area (Å²) < 4.78 is 13.6. The van der Waals surface area contributed by atoms with Crippen molar-refractivity contribution in [3.63, 3.8) is 0 Å². The summed E-state index contributed by atoms with van der Waals surface area (Å²) >= 11 is 1.37. The average Bonchev–Trinajstić information content (AvgIpc) is 3.52. The number of benzene rings is 3. The van der Waals surface area contributed by atoms with Crippen LogP contribution in [0.2, 0.25) is 0 Å². The largest absolute Gasteiger partial charge is 0.492 e. The Bertz CT molecular complexity index is 1670. The summed E-state index contributed by atoms with van der Waals surface area (Å²) in [6, 6.07) is 22.4. The lowest BCUT2D eigenvalue weighted by molar-refractivity contribution is 0.101. The molecule has 0 saturated carbocycles. The van der Waals surface area contributed by atoms with Crippen molar-refractivity contribution in [1.29, 1.82) is 0 Å². The summed E-state index contributed by atoms with van der Waals surface area (Å²) in [7, 11) is 0. The molecular weight excluding hydrogens is 524 g/mol. The molecule has 0 aliphatic rings. The molecule has 2 heterocycles. The van der Waals surface area contributed by atoms with Gasteiger partial charge in [0.05, 0.1) is 40.8 Å². The van der Waals surface area contributed by atoms with Crippen molar-refractivity contribution in [2.45, 2.75) is 27.7 Å². The highest BCUT2D eigenvalue weighted by Crippen LogP contribution is 2.38. The number of hydrogen-bond acceptors (Lipinski definition) is 6. The minimum absolute atomic E-state index is 0.270. The van der Waals surface area contributed by atoms with Gasteiger partial charge in [-0.05, 0) is 58.0 Å². The molecule has 5 rings (SSSR count). The summed E-state index contributed by atoms with van der Waals surface area (Å²) in [4.78, 5) is 27.8. The quantitative estimate of drug-likeness (QED) is 0.204. The smallest absolute Gasteiger partial charge is 0.265 e. The van der Waals surface area contributed by atoms with E-state index in [9.17, 15) is 9.59 Å². The molecule has 40 heavy (non-hydrogen) atoms. The third-order valence-electron chi connectivity index (χ3n) is 6.26. The standard InChI is InChI=1S/C31H30N4O4S/c1-5-38-26-18-25(27(39-6-2)17-24(26)32-29(36)21-14-12-19(3)13-15-21)33-30(37)28-16-23-20(4)34-35(31(23)40-28)22-10-8-7-9-11-22/h7-18H,5-6H2,1-4H3,(H,32,36)(H,33,37). The van der Waals surface area contributed by atoms with Crippen molar-refractivity contribution < 1.29 is 19.1 Å². The molecule has 0 fully saturated rings. The van der Waals surface area contributed by atoms with Crippen LogP contribution in [-0.4, -0.2) is 34.8 Å². The van der Waals surface area contributed by atoms with E-state index in [0.717, 1.165) is 27.2 Å². The number of anilines is 2. The van der Waals surface area contributed by atoms with Gasteiger partial charge in [0.1, 0.15) is 16.3 Å². The Hall–Kier alpha value is -4.63. The van der Waals surface area contributed by atoms with Crippen LogP contribution in [0.25, 0.3) is 15.9 Å². The first-order valence-corrected chi connectivity index (χ1v) is 13.9. The fraction of sp³-hybridized carbons (Fsp3) is 0.194. The van der Waals surface area contributed by atoms with E-state index in [4.69, 9.17) is 9.47 Å². The zero-order chi connectivity index (χ0) is 28.2. The maximum absolute atomic E-state index is 13.4. The van der Waals surface area contributed by atoms with E-state index in [-0.39, 0.29) is 11.8 Å². The lowest BCUT2D eigenvalue weighted by Crippen LogP contribution is -2.15. The maximum Gasteiger partial charge on any atom is 0.265 e. The number of fused-ring (bicyclic) bond motifs is 1. The average molecular weight is 555 g/mol. The van der Waals surface area contributed by atoms with Crippen LogP contribution in [0.15, 0.2) is 72.8 Å². The fourth-order valence-corrected chi connectivity index (χ4v) is 5.37. The first-order chi connectivity index (χ1) is 19.4. The Morgan fingerprint density at radius 3 is 2.02 bits per heavy atom. The fourth-order valence-electron chi connectivity index (χ4n) is 4.29. The SMILES string of the molecule is CCOc1cc(NC(=O)c2cc3c(C)nn(-c4ccccc4)c3s2)c(OCC)cc1NC(=O)c1ccc(C)cc1. The van der Waals surface area contributed by atoms with Gasteiger partial charge in [0.15, 0.2) is 0 Å². The van der Waals surface area contributed by atoms with Gasteiger partial charge in [-0.3, -0.25) is 9.59 Å². The van der Waals surface area contributed by atoms with Crippen LogP contribution in [0, 0.1) is 13.8 Å². The zero-order valence-electron chi connectivity index (χ0n) is 22.8. The second-order valence-corrected chi connectivity index (χ2v) is 10.2. The van der Waals surface area contributed by atoms with Crippen molar-refractivity contribution in [2.75, 3.05) is 23.8 Å². The van der Waals surface area contributed by atoms with Gasteiger partial charge in [-0.1, -0.05) is 35.9 Å². The van der Waals surface area contributed by atoms with Crippen LogP contribution in [0.1, 0.15) is 45.1 Å². The normalized spacial score (nSPS) is 10.9. The van der Waals surface area contributed by atoms with Crippen LogP contribution in [0.3, 0.4) is 0 Å². The van der Waals surface area contributed by atoms with Gasteiger partial charge in [0, 0.05) is 23.1 Å². The number of carbonyl (C=O) groups is 2. The van der Waals surface area contributed by atoms with Gasteiger partial charge >= 0.3 is 0 Å². The number of nitrogens with one attached hydrogen (secondary N) is 2. The minimum Gasteiger partial charge on any atom is -0.492 e. The Labute approximate surface area is 236 Å². The first kappa shape index (κ1) is 27.0. The van der Waals surface area contributed by atoms with Crippen LogP contribution < -0.4 is 20.1 Å². The lowest BCUT2D eigenvalue weighted by atomic mass is 10.1. The van der Waals surface area contributed by atoms with Crippen LogP contribution in [0.4, 0.5) is 11.4 Å². The molecule has 0 saturated heterocycles. The van der Waals surface area contributed by atoms with E-state index in [0.29, 0.717) is 46.5 Å². The molecule has 0 bridgehead atoms. The van der Waals surface area contributed by atoms with Crippen molar-refractivity contribution in [2.24, 2.45) is 0 Å². The number of rotatable bonds is 9. The third-order valence-corrected chi connectivity index (χ3v) is 7.37. The molecule has 0 atom stereocenters. The second kappa shape index (κ2) is 11.6. The number of para-hydroxylation sites is 1. The van der Waals surface area contributed by atoms with Crippen LogP contribution >= 0.6 is 11.3 Å². The molecule has 0 aliphatic carbocycles. The number of nitrogens with zero attached hydrogens (tertiary/aromatic N) is 2.